The van der Waals surface area contributed by atoms with Crippen molar-refractivity contribution in [2.45, 2.75) is 97.2 Å². The Balaban J connectivity index is 0.00000324. The van der Waals surface area contributed by atoms with E-state index in [1.54, 1.807) is 0 Å². The molecule has 0 aromatic heterocycles. The van der Waals surface area contributed by atoms with Gasteiger partial charge in [0.1, 0.15) is 0 Å². The third kappa shape index (κ3) is 5.30. The van der Waals surface area contributed by atoms with Gasteiger partial charge in [-0.05, 0) is 116 Å². The Labute approximate surface area is 227 Å². The third-order valence-corrected chi connectivity index (χ3v) is 11.2. The Morgan fingerprint density at radius 3 is 2.47 bits per heavy atom. The molecule has 4 rings (SSSR count). The fourth-order valence-electron chi connectivity index (χ4n) is 8.95. The summed E-state index contributed by atoms with van der Waals surface area (Å²) in [5, 5.41) is 33.8. The molecule has 0 bridgehead atoms. The van der Waals surface area contributed by atoms with Crippen LogP contribution in [0.3, 0.4) is 0 Å². The second-order valence-electron chi connectivity index (χ2n) is 12.2. The Hall–Kier alpha value is 0.300. The molecule has 10 atom stereocenters. The summed E-state index contributed by atoms with van der Waals surface area (Å²) in [4.78, 5) is 3.47. The number of fused-ring (bicyclic) bond motifs is 5. The van der Waals surface area contributed by atoms with E-state index in [9.17, 15) is 23.7 Å². The quantitative estimate of drug-likeness (QED) is 0.201. The summed E-state index contributed by atoms with van der Waals surface area (Å²) in [5.41, 5.74) is 0.0573. The SMILES string of the molecule is C[C@H](CCC([O-])=NCS(=O)(=O)O)[C@H]1CC[C@H]2[C@@H]3CC[C@@H]4C[C@H](O)CC[C@]4(C)[C@H]3C[C@H](O)[C@]12C.[Na+]. The molecule has 34 heavy (non-hydrogen) atoms. The Bertz CT molecular complexity index is 867. The minimum absolute atomic E-state index is 0. The molecule has 0 radical (unpaired) electrons. The fourth-order valence-corrected chi connectivity index (χ4v) is 9.25. The van der Waals surface area contributed by atoms with Gasteiger partial charge < -0.3 is 15.3 Å². The van der Waals surface area contributed by atoms with Crippen LogP contribution in [0, 0.1) is 46.3 Å². The first-order chi connectivity index (χ1) is 15.4. The van der Waals surface area contributed by atoms with Crippen molar-refractivity contribution in [1.82, 2.24) is 0 Å². The molecule has 0 heterocycles. The summed E-state index contributed by atoms with van der Waals surface area (Å²) >= 11 is 0. The maximum absolute atomic E-state index is 12.0. The van der Waals surface area contributed by atoms with Gasteiger partial charge in [0.25, 0.3) is 10.1 Å². The van der Waals surface area contributed by atoms with Gasteiger partial charge in [0, 0.05) is 0 Å². The van der Waals surface area contributed by atoms with Crippen LogP contribution in [0.2, 0.25) is 0 Å². The average molecular weight is 508 g/mol. The van der Waals surface area contributed by atoms with Crippen LogP contribution < -0.4 is 34.7 Å². The summed E-state index contributed by atoms with van der Waals surface area (Å²) in [6, 6.07) is 0. The predicted molar refractivity (Wildman–Crippen MR) is 125 cm³/mol. The van der Waals surface area contributed by atoms with Crippen molar-refractivity contribution < 1.29 is 57.8 Å². The summed E-state index contributed by atoms with van der Waals surface area (Å²) in [6.07, 6.45) is 8.49. The minimum Gasteiger partial charge on any atom is -0.862 e. The van der Waals surface area contributed by atoms with Gasteiger partial charge in [-0.25, -0.2) is 0 Å². The molecule has 0 aromatic carbocycles. The molecule has 7 nitrogen and oxygen atoms in total. The van der Waals surface area contributed by atoms with E-state index in [0.29, 0.717) is 36.0 Å². The first kappa shape index (κ1) is 28.9. The first-order valence-electron chi connectivity index (χ1n) is 12.9. The van der Waals surface area contributed by atoms with E-state index < -0.39 is 21.9 Å². The van der Waals surface area contributed by atoms with E-state index in [4.69, 9.17) is 4.55 Å². The number of hydrogen-bond donors (Lipinski definition) is 3. The van der Waals surface area contributed by atoms with E-state index in [2.05, 4.69) is 25.8 Å². The van der Waals surface area contributed by atoms with Crippen LogP contribution in [0.25, 0.3) is 0 Å². The van der Waals surface area contributed by atoms with Crippen molar-refractivity contribution in [3.05, 3.63) is 0 Å². The summed E-state index contributed by atoms with van der Waals surface area (Å²) in [5.74, 6) is 1.39. The van der Waals surface area contributed by atoms with Gasteiger partial charge in [-0.2, -0.15) is 8.42 Å². The molecule has 0 aliphatic heterocycles. The Morgan fingerprint density at radius 1 is 1.09 bits per heavy atom. The molecule has 0 amide bonds. The van der Waals surface area contributed by atoms with Crippen LogP contribution in [-0.4, -0.2) is 47.2 Å². The second kappa shape index (κ2) is 10.6. The molecule has 0 saturated heterocycles. The summed E-state index contributed by atoms with van der Waals surface area (Å²) < 4.78 is 30.5. The van der Waals surface area contributed by atoms with E-state index in [0.717, 1.165) is 38.5 Å². The van der Waals surface area contributed by atoms with Crippen LogP contribution in [0.4, 0.5) is 0 Å². The molecular formula is C25H42NNaO6S. The van der Waals surface area contributed by atoms with Crippen molar-refractivity contribution in [3.8, 4) is 0 Å². The monoisotopic (exact) mass is 507 g/mol. The normalized spacial score (nSPS) is 45.5. The van der Waals surface area contributed by atoms with Crippen molar-refractivity contribution in [1.29, 1.82) is 0 Å². The standard InChI is InChI=1S/C25H43NO6S.Na/c1-15(4-9-23(29)26-14-33(30,31)32)19-7-8-20-18-6-5-16-12-17(27)10-11-24(16,2)21(18)13-22(28)25(19,20)3;/h15-22,27-28H,4-14H2,1-3H3,(H,26,29)(H,30,31,32);/q;+1/p-1/t15-,16-,17-,18+,19-,20+,21+,22+,24+,25-;/m1./s1. The number of nitrogens with zero attached hydrogens (tertiary/aromatic N) is 1. The molecule has 4 aliphatic carbocycles. The molecule has 4 saturated carbocycles. The van der Waals surface area contributed by atoms with Crippen LogP contribution in [0.1, 0.15) is 85.0 Å². The Kier molecular flexibility index (Phi) is 8.98. The van der Waals surface area contributed by atoms with Gasteiger partial charge in [-0.15, -0.1) is 0 Å². The fraction of sp³-hybridized carbons (Fsp3) is 0.960. The topological polar surface area (TPSA) is 130 Å². The van der Waals surface area contributed by atoms with Crippen molar-refractivity contribution in [2.75, 3.05) is 5.88 Å². The number of rotatable bonds is 6. The van der Waals surface area contributed by atoms with Crippen molar-refractivity contribution in [3.63, 3.8) is 0 Å². The maximum atomic E-state index is 12.0. The predicted octanol–water partition coefficient (Wildman–Crippen LogP) is 0.00140. The summed E-state index contributed by atoms with van der Waals surface area (Å²) in [7, 11) is -4.27. The first-order valence-corrected chi connectivity index (χ1v) is 14.5. The zero-order valence-corrected chi connectivity index (χ0v) is 24.1. The largest absolute Gasteiger partial charge is 1.00 e. The van der Waals surface area contributed by atoms with E-state index in [1.807, 2.05) is 0 Å². The van der Waals surface area contributed by atoms with Crippen LogP contribution >= 0.6 is 0 Å². The van der Waals surface area contributed by atoms with E-state index in [1.165, 1.54) is 12.8 Å². The number of aliphatic imine (C=N–C) groups is 1. The zero-order valence-electron chi connectivity index (χ0n) is 21.3. The molecule has 4 aliphatic rings. The smallest absolute Gasteiger partial charge is 0.862 e. The molecule has 9 heteroatoms. The summed E-state index contributed by atoms with van der Waals surface area (Å²) in [6.45, 7) is 6.84. The van der Waals surface area contributed by atoms with E-state index >= 15 is 0 Å². The van der Waals surface area contributed by atoms with Gasteiger partial charge in [0.2, 0.25) is 0 Å². The van der Waals surface area contributed by atoms with Gasteiger partial charge in [0.05, 0.1) is 12.2 Å². The maximum Gasteiger partial charge on any atom is 1.00 e. The number of hydrogen-bond acceptors (Lipinski definition) is 6. The van der Waals surface area contributed by atoms with E-state index in [-0.39, 0.29) is 64.9 Å². The minimum atomic E-state index is -4.27. The molecule has 190 valence electrons. The van der Waals surface area contributed by atoms with Crippen molar-refractivity contribution in [2.24, 2.45) is 51.3 Å². The third-order valence-electron chi connectivity index (χ3n) is 10.7. The molecule has 0 aromatic rings. The molecular weight excluding hydrogens is 465 g/mol. The number of aliphatic hydroxyl groups is 2. The molecule has 4 fully saturated rings. The van der Waals surface area contributed by atoms with Crippen LogP contribution in [0.5, 0.6) is 0 Å². The van der Waals surface area contributed by atoms with Gasteiger partial charge in [-0.1, -0.05) is 20.8 Å². The average Bonchev–Trinajstić information content (AvgIpc) is 3.10. The van der Waals surface area contributed by atoms with Gasteiger partial charge in [0.15, 0.2) is 5.88 Å². The molecule has 3 N–H and O–H groups in total. The zero-order chi connectivity index (χ0) is 24.2. The molecule has 0 spiro atoms. The van der Waals surface area contributed by atoms with Crippen LogP contribution in [-0.2, 0) is 10.1 Å². The van der Waals surface area contributed by atoms with Crippen molar-refractivity contribution >= 4 is 16.0 Å². The number of aliphatic hydroxyl groups excluding tert-OH is 2. The Morgan fingerprint density at radius 2 is 1.79 bits per heavy atom. The molecule has 0 unspecified atom stereocenters. The van der Waals surface area contributed by atoms with Crippen LogP contribution in [0.15, 0.2) is 4.99 Å². The van der Waals surface area contributed by atoms with Gasteiger partial charge in [-0.3, -0.25) is 9.55 Å². The second-order valence-corrected chi connectivity index (χ2v) is 13.6. The van der Waals surface area contributed by atoms with Gasteiger partial charge >= 0.3 is 29.6 Å².